The van der Waals surface area contributed by atoms with E-state index in [0.717, 1.165) is 17.7 Å². The number of ether oxygens (including phenoxy) is 1. The zero-order chi connectivity index (χ0) is 13.9. The van der Waals surface area contributed by atoms with E-state index in [-0.39, 0.29) is 0 Å². The third-order valence-corrected chi connectivity index (χ3v) is 3.81. The normalized spacial score (nSPS) is 15.0. The van der Waals surface area contributed by atoms with Crippen LogP contribution >= 0.6 is 0 Å². The van der Waals surface area contributed by atoms with Gasteiger partial charge in [0.1, 0.15) is 5.56 Å². The van der Waals surface area contributed by atoms with Gasteiger partial charge in [0.15, 0.2) is 5.65 Å². The Kier molecular flexibility index (Phi) is 3.50. The number of amides is 1. The van der Waals surface area contributed by atoms with Gasteiger partial charge in [-0.2, -0.15) is 4.98 Å². The molecule has 1 aliphatic carbocycles. The summed E-state index contributed by atoms with van der Waals surface area (Å²) < 4.78 is 5.66. The summed E-state index contributed by atoms with van der Waals surface area (Å²) in [5.41, 5.74) is 6.28. The second-order valence-corrected chi connectivity index (χ2v) is 5.19. The summed E-state index contributed by atoms with van der Waals surface area (Å²) in [5, 5.41) is 0.785. The first kappa shape index (κ1) is 12.8. The monoisotopic (exact) mass is 271 g/mol. The quantitative estimate of drug-likeness (QED) is 0.905. The summed E-state index contributed by atoms with van der Waals surface area (Å²) in [4.78, 5) is 20.0. The largest absolute Gasteiger partial charge is 0.477 e. The Morgan fingerprint density at radius 2 is 2.30 bits per heavy atom. The molecule has 0 atom stereocenters. The van der Waals surface area contributed by atoms with E-state index in [4.69, 9.17) is 10.5 Å². The molecule has 0 spiro atoms. The SMILES string of the molecule is NC(=O)c1cc2cccnc2nc1OCCC1CCC1. The van der Waals surface area contributed by atoms with Crippen molar-refractivity contribution in [3.05, 3.63) is 30.0 Å². The number of hydrogen-bond acceptors (Lipinski definition) is 4. The number of hydrogen-bond donors (Lipinski definition) is 1. The average Bonchev–Trinajstić information content (AvgIpc) is 2.40. The maximum absolute atomic E-state index is 11.5. The molecule has 20 heavy (non-hydrogen) atoms. The molecule has 2 aromatic rings. The van der Waals surface area contributed by atoms with Crippen LogP contribution in [0.3, 0.4) is 0 Å². The van der Waals surface area contributed by atoms with Gasteiger partial charge in [-0.05, 0) is 30.5 Å². The van der Waals surface area contributed by atoms with Crippen LogP contribution in [0.25, 0.3) is 11.0 Å². The van der Waals surface area contributed by atoms with Crippen molar-refractivity contribution in [2.75, 3.05) is 6.61 Å². The first-order valence-corrected chi connectivity index (χ1v) is 6.92. The van der Waals surface area contributed by atoms with Gasteiger partial charge in [0.2, 0.25) is 5.88 Å². The number of nitrogens with zero attached hydrogens (tertiary/aromatic N) is 2. The molecular formula is C15H17N3O2. The van der Waals surface area contributed by atoms with Crippen molar-refractivity contribution in [3.8, 4) is 5.88 Å². The lowest BCUT2D eigenvalue weighted by Gasteiger charge is -2.25. The highest BCUT2D eigenvalue weighted by Gasteiger charge is 2.18. The lowest BCUT2D eigenvalue weighted by molar-refractivity contribution is 0.0995. The smallest absolute Gasteiger partial charge is 0.254 e. The molecule has 104 valence electrons. The van der Waals surface area contributed by atoms with E-state index in [1.807, 2.05) is 6.07 Å². The minimum absolute atomic E-state index is 0.294. The minimum Gasteiger partial charge on any atom is -0.477 e. The van der Waals surface area contributed by atoms with Gasteiger partial charge >= 0.3 is 0 Å². The first-order valence-electron chi connectivity index (χ1n) is 6.92. The van der Waals surface area contributed by atoms with E-state index >= 15 is 0 Å². The molecule has 0 aliphatic heterocycles. The lowest BCUT2D eigenvalue weighted by atomic mass is 9.83. The van der Waals surface area contributed by atoms with Crippen LogP contribution in [0.1, 0.15) is 36.0 Å². The molecule has 0 radical (unpaired) electrons. The fraction of sp³-hybridized carbons (Fsp3) is 0.400. The maximum Gasteiger partial charge on any atom is 0.254 e. The summed E-state index contributed by atoms with van der Waals surface area (Å²) >= 11 is 0. The fourth-order valence-corrected chi connectivity index (χ4v) is 2.38. The first-order chi connectivity index (χ1) is 9.74. The zero-order valence-corrected chi connectivity index (χ0v) is 11.2. The van der Waals surface area contributed by atoms with Crippen molar-refractivity contribution in [2.45, 2.75) is 25.7 Å². The van der Waals surface area contributed by atoms with Crippen LogP contribution < -0.4 is 10.5 Å². The molecule has 2 aromatic heterocycles. The van der Waals surface area contributed by atoms with Crippen LogP contribution in [0.5, 0.6) is 5.88 Å². The Labute approximate surface area is 117 Å². The maximum atomic E-state index is 11.5. The highest BCUT2D eigenvalue weighted by Crippen LogP contribution is 2.29. The third kappa shape index (κ3) is 2.57. The van der Waals surface area contributed by atoms with E-state index < -0.39 is 5.91 Å². The van der Waals surface area contributed by atoms with Crippen LogP contribution in [0.4, 0.5) is 0 Å². The highest BCUT2D eigenvalue weighted by molar-refractivity contribution is 5.98. The molecule has 1 aliphatic rings. The number of pyridine rings is 2. The Bertz CT molecular complexity index is 638. The van der Waals surface area contributed by atoms with Crippen LogP contribution in [-0.4, -0.2) is 22.5 Å². The second-order valence-electron chi connectivity index (χ2n) is 5.19. The van der Waals surface area contributed by atoms with Gasteiger partial charge in [-0.25, -0.2) is 4.98 Å². The molecule has 0 aromatic carbocycles. The van der Waals surface area contributed by atoms with Crippen molar-refractivity contribution in [1.29, 1.82) is 0 Å². The van der Waals surface area contributed by atoms with Crippen LogP contribution in [0, 0.1) is 5.92 Å². The van der Waals surface area contributed by atoms with Gasteiger partial charge in [0.05, 0.1) is 6.61 Å². The molecule has 0 unspecified atom stereocenters. The van der Waals surface area contributed by atoms with E-state index in [0.29, 0.717) is 23.7 Å². The number of primary amides is 1. The number of fused-ring (bicyclic) bond motifs is 1. The Morgan fingerprint density at radius 3 is 3.00 bits per heavy atom. The molecule has 1 fully saturated rings. The standard InChI is InChI=1S/C15H17N3O2/c16-13(19)12-9-11-5-2-7-17-14(11)18-15(12)20-8-6-10-3-1-4-10/h2,5,7,9-10H,1,3-4,6,8H2,(H2,16,19). The Morgan fingerprint density at radius 1 is 1.45 bits per heavy atom. The molecule has 0 saturated heterocycles. The molecule has 3 rings (SSSR count). The molecule has 2 heterocycles. The predicted octanol–water partition coefficient (Wildman–Crippen LogP) is 2.30. The topological polar surface area (TPSA) is 78.1 Å². The summed E-state index contributed by atoms with van der Waals surface area (Å²) in [6, 6.07) is 5.34. The minimum atomic E-state index is -0.526. The van der Waals surface area contributed by atoms with E-state index in [1.165, 1.54) is 19.3 Å². The van der Waals surface area contributed by atoms with Gasteiger partial charge in [-0.3, -0.25) is 4.79 Å². The lowest BCUT2D eigenvalue weighted by Crippen LogP contribution is -2.17. The highest BCUT2D eigenvalue weighted by atomic mass is 16.5. The van der Waals surface area contributed by atoms with Crippen molar-refractivity contribution < 1.29 is 9.53 Å². The number of aromatic nitrogens is 2. The zero-order valence-electron chi connectivity index (χ0n) is 11.2. The van der Waals surface area contributed by atoms with Gasteiger partial charge in [0.25, 0.3) is 5.91 Å². The molecule has 1 amide bonds. The van der Waals surface area contributed by atoms with E-state index in [9.17, 15) is 4.79 Å². The van der Waals surface area contributed by atoms with Gasteiger partial charge < -0.3 is 10.5 Å². The molecule has 0 bridgehead atoms. The summed E-state index contributed by atoms with van der Waals surface area (Å²) in [6.45, 7) is 0.566. The van der Waals surface area contributed by atoms with Crippen molar-refractivity contribution in [1.82, 2.24) is 9.97 Å². The molecule has 2 N–H and O–H groups in total. The third-order valence-electron chi connectivity index (χ3n) is 3.81. The Balaban J connectivity index is 1.82. The van der Waals surface area contributed by atoms with Crippen molar-refractivity contribution >= 4 is 16.9 Å². The summed E-state index contributed by atoms with van der Waals surface area (Å²) in [6.07, 6.45) is 6.53. The van der Waals surface area contributed by atoms with Gasteiger partial charge in [-0.1, -0.05) is 19.3 Å². The summed E-state index contributed by atoms with van der Waals surface area (Å²) in [5.74, 6) is 0.524. The van der Waals surface area contributed by atoms with Crippen molar-refractivity contribution in [3.63, 3.8) is 0 Å². The van der Waals surface area contributed by atoms with E-state index in [1.54, 1.807) is 18.3 Å². The molecule has 5 nitrogen and oxygen atoms in total. The fourth-order valence-electron chi connectivity index (χ4n) is 2.38. The van der Waals surface area contributed by atoms with Crippen LogP contribution in [-0.2, 0) is 0 Å². The number of carbonyl (C=O) groups excluding carboxylic acids is 1. The van der Waals surface area contributed by atoms with Gasteiger partial charge in [-0.15, -0.1) is 0 Å². The van der Waals surface area contributed by atoms with Crippen molar-refractivity contribution in [2.24, 2.45) is 11.7 Å². The predicted molar refractivity (Wildman–Crippen MR) is 75.5 cm³/mol. The van der Waals surface area contributed by atoms with Crippen LogP contribution in [0.15, 0.2) is 24.4 Å². The van der Waals surface area contributed by atoms with Crippen LogP contribution in [0.2, 0.25) is 0 Å². The summed E-state index contributed by atoms with van der Waals surface area (Å²) in [7, 11) is 0. The number of nitrogens with two attached hydrogens (primary N) is 1. The Hall–Kier alpha value is -2.17. The molecule has 5 heteroatoms. The second kappa shape index (κ2) is 5.45. The number of rotatable bonds is 5. The van der Waals surface area contributed by atoms with E-state index in [2.05, 4.69) is 9.97 Å². The van der Waals surface area contributed by atoms with Gasteiger partial charge in [0, 0.05) is 11.6 Å². The number of carbonyl (C=O) groups is 1. The molecule has 1 saturated carbocycles. The molecular weight excluding hydrogens is 254 g/mol. The average molecular weight is 271 g/mol.